The Hall–Kier alpha value is -1.02. The van der Waals surface area contributed by atoms with Crippen LogP contribution in [0.1, 0.15) is 6.42 Å². The maximum Gasteiger partial charge on any atom is 0.0562 e. The van der Waals surface area contributed by atoms with Gasteiger partial charge in [-0.1, -0.05) is 18.2 Å². The van der Waals surface area contributed by atoms with Gasteiger partial charge in [0.1, 0.15) is 0 Å². The molecule has 54 valence electrons. The SMILES string of the molecule is C=CC1(N)C=CC(N)=CC1. The maximum absolute atomic E-state index is 5.82. The van der Waals surface area contributed by atoms with E-state index in [0.29, 0.717) is 0 Å². The normalized spacial score (nSPS) is 31.5. The molecule has 0 spiro atoms. The van der Waals surface area contributed by atoms with Crippen molar-refractivity contribution in [2.45, 2.75) is 12.0 Å². The van der Waals surface area contributed by atoms with E-state index in [1.807, 2.05) is 18.2 Å². The molecule has 0 bridgehead atoms. The monoisotopic (exact) mass is 136 g/mol. The van der Waals surface area contributed by atoms with Crippen molar-refractivity contribution < 1.29 is 0 Å². The fourth-order valence-corrected chi connectivity index (χ4v) is 0.833. The zero-order valence-electron chi connectivity index (χ0n) is 5.88. The molecule has 0 saturated carbocycles. The fourth-order valence-electron chi connectivity index (χ4n) is 0.833. The van der Waals surface area contributed by atoms with Gasteiger partial charge in [0.25, 0.3) is 0 Å². The van der Waals surface area contributed by atoms with Crippen LogP contribution in [0.4, 0.5) is 0 Å². The first kappa shape index (κ1) is 7.09. The first-order valence-corrected chi connectivity index (χ1v) is 3.24. The Bertz CT molecular complexity index is 203. The first-order valence-electron chi connectivity index (χ1n) is 3.24. The van der Waals surface area contributed by atoms with Gasteiger partial charge in [0.2, 0.25) is 0 Å². The molecular weight excluding hydrogens is 124 g/mol. The van der Waals surface area contributed by atoms with Crippen LogP contribution in [0.3, 0.4) is 0 Å². The van der Waals surface area contributed by atoms with Gasteiger partial charge in [-0.25, -0.2) is 0 Å². The van der Waals surface area contributed by atoms with E-state index >= 15 is 0 Å². The second-order valence-electron chi connectivity index (χ2n) is 2.56. The molecule has 2 nitrogen and oxygen atoms in total. The molecule has 0 aromatic heterocycles. The number of rotatable bonds is 1. The number of hydrogen-bond acceptors (Lipinski definition) is 2. The lowest BCUT2D eigenvalue weighted by atomic mass is 9.92. The van der Waals surface area contributed by atoms with Crippen molar-refractivity contribution in [2.24, 2.45) is 11.5 Å². The molecule has 0 aromatic carbocycles. The zero-order chi connectivity index (χ0) is 7.61. The number of nitrogens with two attached hydrogens (primary N) is 2. The molecule has 1 rings (SSSR count). The Morgan fingerprint density at radius 1 is 1.70 bits per heavy atom. The highest BCUT2D eigenvalue weighted by atomic mass is 14.7. The van der Waals surface area contributed by atoms with Gasteiger partial charge < -0.3 is 11.5 Å². The summed E-state index contributed by atoms with van der Waals surface area (Å²) in [6.45, 7) is 3.63. The smallest absolute Gasteiger partial charge is 0.0562 e. The predicted octanol–water partition coefficient (Wildman–Crippen LogP) is 0.672. The van der Waals surface area contributed by atoms with Gasteiger partial charge in [0, 0.05) is 5.70 Å². The molecule has 2 heteroatoms. The molecule has 0 radical (unpaired) electrons. The van der Waals surface area contributed by atoms with Gasteiger partial charge >= 0.3 is 0 Å². The summed E-state index contributed by atoms with van der Waals surface area (Å²) in [6.07, 6.45) is 8.06. The standard InChI is InChI=1S/C8H12N2/c1-2-8(10)5-3-7(9)4-6-8/h2-5H,1,6,9-10H2. The summed E-state index contributed by atoms with van der Waals surface area (Å²) in [6, 6.07) is 0. The Morgan fingerprint density at radius 2 is 2.40 bits per heavy atom. The molecule has 1 atom stereocenters. The maximum atomic E-state index is 5.82. The second-order valence-corrected chi connectivity index (χ2v) is 2.56. The van der Waals surface area contributed by atoms with Crippen LogP contribution >= 0.6 is 0 Å². The van der Waals surface area contributed by atoms with E-state index in [2.05, 4.69) is 6.58 Å². The van der Waals surface area contributed by atoms with E-state index < -0.39 is 0 Å². The molecule has 0 fully saturated rings. The highest BCUT2D eigenvalue weighted by Crippen LogP contribution is 2.16. The minimum Gasteiger partial charge on any atom is -0.399 e. The lowest BCUT2D eigenvalue weighted by Crippen LogP contribution is -2.35. The highest BCUT2D eigenvalue weighted by Gasteiger charge is 2.17. The molecule has 0 aromatic rings. The Kier molecular flexibility index (Phi) is 1.64. The number of hydrogen-bond donors (Lipinski definition) is 2. The molecule has 4 N–H and O–H groups in total. The van der Waals surface area contributed by atoms with Crippen molar-refractivity contribution in [1.29, 1.82) is 0 Å². The molecule has 0 amide bonds. The topological polar surface area (TPSA) is 52.0 Å². The Labute approximate surface area is 60.9 Å². The second kappa shape index (κ2) is 2.31. The van der Waals surface area contributed by atoms with Crippen LogP contribution in [0.2, 0.25) is 0 Å². The van der Waals surface area contributed by atoms with Crippen molar-refractivity contribution in [3.8, 4) is 0 Å². The van der Waals surface area contributed by atoms with Gasteiger partial charge in [-0.05, 0) is 12.5 Å². The Morgan fingerprint density at radius 3 is 2.80 bits per heavy atom. The molecule has 0 saturated heterocycles. The highest BCUT2D eigenvalue weighted by molar-refractivity contribution is 5.30. The predicted molar refractivity (Wildman–Crippen MR) is 43.1 cm³/mol. The van der Waals surface area contributed by atoms with Crippen LogP contribution < -0.4 is 11.5 Å². The third-order valence-electron chi connectivity index (χ3n) is 1.66. The molecule has 10 heavy (non-hydrogen) atoms. The molecule has 1 aliphatic carbocycles. The average Bonchev–Trinajstić information content (AvgIpc) is 1.96. The summed E-state index contributed by atoms with van der Waals surface area (Å²) < 4.78 is 0. The largest absolute Gasteiger partial charge is 0.399 e. The van der Waals surface area contributed by atoms with Crippen molar-refractivity contribution >= 4 is 0 Å². The average molecular weight is 136 g/mol. The van der Waals surface area contributed by atoms with E-state index in [1.165, 1.54) is 0 Å². The summed E-state index contributed by atoms with van der Waals surface area (Å²) in [5.74, 6) is 0. The van der Waals surface area contributed by atoms with Gasteiger partial charge in [0.15, 0.2) is 0 Å². The lowest BCUT2D eigenvalue weighted by Gasteiger charge is -2.22. The van der Waals surface area contributed by atoms with Crippen LogP contribution in [-0.2, 0) is 0 Å². The minimum absolute atomic E-state index is 0.372. The van der Waals surface area contributed by atoms with Crippen molar-refractivity contribution in [3.05, 3.63) is 36.6 Å². The van der Waals surface area contributed by atoms with Gasteiger partial charge in [0.05, 0.1) is 5.54 Å². The summed E-state index contributed by atoms with van der Waals surface area (Å²) >= 11 is 0. The third-order valence-corrected chi connectivity index (χ3v) is 1.66. The Balaban J connectivity index is 2.76. The fraction of sp³-hybridized carbons (Fsp3) is 0.250. The van der Waals surface area contributed by atoms with Crippen LogP contribution in [0.5, 0.6) is 0 Å². The summed E-state index contributed by atoms with van der Waals surface area (Å²) in [7, 11) is 0. The quantitative estimate of drug-likeness (QED) is 0.520. The van der Waals surface area contributed by atoms with Crippen molar-refractivity contribution in [2.75, 3.05) is 0 Å². The van der Waals surface area contributed by atoms with E-state index in [-0.39, 0.29) is 5.54 Å². The van der Waals surface area contributed by atoms with Crippen LogP contribution in [0.25, 0.3) is 0 Å². The van der Waals surface area contributed by atoms with E-state index in [0.717, 1.165) is 12.1 Å². The number of allylic oxidation sites excluding steroid dienone is 1. The van der Waals surface area contributed by atoms with Crippen LogP contribution in [0, 0.1) is 0 Å². The minimum atomic E-state index is -0.372. The first-order chi connectivity index (χ1) is 4.66. The van der Waals surface area contributed by atoms with E-state index in [4.69, 9.17) is 11.5 Å². The van der Waals surface area contributed by atoms with Crippen LogP contribution in [-0.4, -0.2) is 5.54 Å². The summed E-state index contributed by atoms with van der Waals surface area (Å²) in [4.78, 5) is 0. The molecule has 0 aliphatic heterocycles. The van der Waals surface area contributed by atoms with Crippen molar-refractivity contribution in [1.82, 2.24) is 0 Å². The van der Waals surface area contributed by atoms with Gasteiger partial charge in [-0.3, -0.25) is 0 Å². The van der Waals surface area contributed by atoms with Gasteiger partial charge in [-0.15, -0.1) is 6.58 Å². The lowest BCUT2D eigenvalue weighted by molar-refractivity contribution is 0.657. The summed E-state index contributed by atoms with van der Waals surface area (Å²) in [5, 5.41) is 0. The zero-order valence-corrected chi connectivity index (χ0v) is 5.88. The molecule has 1 unspecified atom stereocenters. The summed E-state index contributed by atoms with van der Waals surface area (Å²) in [5.41, 5.74) is 11.7. The third kappa shape index (κ3) is 1.28. The molecule has 1 aliphatic rings. The van der Waals surface area contributed by atoms with E-state index in [1.54, 1.807) is 6.08 Å². The molecular formula is C8H12N2. The van der Waals surface area contributed by atoms with E-state index in [9.17, 15) is 0 Å². The van der Waals surface area contributed by atoms with Gasteiger partial charge in [-0.2, -0.15) is 0 Å². The van der Waals surface area contributed by atoms with Crippen LogP contribution in [0.15, 0.2) is 36.6 Å². The van der Waals surface area contributed by atoms with Crippen molar-refractivity contribution in [3.63, 3.8) is 0 Å². The molecule has 0 heterocycles.